The molecule has 0 aliphatic heterocycles. The Balaban J connectivity index is 1.91. The SMILES string of the molecule is CCc1cnc(CCNC(=NC)NCc2ccc(F)cc2C(F)(F)F)s1. The topological polar surface area (TPSA) is 49.3 Å². The Labute approximate surface area is 153 Å². The van der Waals surface area contributed by atoms with Crippen molar-refractivity contribution < 1.29 is 17.6 Å². The van der Waals surface area contributed by atoms with Crippen molar-refractivity contribution in [3.8, 4) is 0 Å². The zero-order valence-electron chi connectivity index (χ0n) is 14.5. The third-order valence-corrected chi connectivity index (χ3v) is 4.83. The Morgan fingerprint density at radius 3 is 2.65 bits per heavy atom. The summed E-state index contributed by atoms with van der Waals surface area (Å²) in [6, 6.07) is 2.64. The number of guanidine groups is 1. The third kappa shape index (κ3) is 5.69. The van der Waals surface area contributed by atoms with Crippen LogP contribution >= 0.6 is 11.3 Å². The van der Waals surface area contributed by atoms with Crippen LogP contribution < -0.4 is 10.6 Å². The molecule has 0 fully saturated rings. The maximum Gasteiger partial charge on any atom is 0.416 e. The van der Waals surface area contributed by atoms with Gasteiger partial charge in [0.15, 0.2) is 5.96 Å². The average Bonchev–Trinajstić information content (AvgIpc) is 3.06. The summed E-state index contributed by atoms with van der Waals surface area (Å²) in [5, 5.41) is 6.84. The maximum atomic E-state index is 13.1. The standard InChI is InChI=1S/C17H20F4N4S/c1-3-13-10-24-15(26-13)6-7-23-16(22-2)25-9-11-4-5-12(18)8-14(11)17(19,20)21/h4-5,8,10H,3,6-7,9H2,1-2H3,(H2,22,23,25). The van der Waals surface area contributed by atoms with Crippen molar-refractivity contribution in [2.24, 2.45) is 4.99 Å². The van der Waals surface area contributed by atoms with Crippen molar-refractivity contribution in [2.75, 3.05) is 13.6 Å². The van der Waals surface area contributed by atoms with Crippen molar-refractivity contribution in [1.29, 1.82) is 0 Å². The van der Waals surface area contributed by atoms with Crippen LogP contribution in [0.2, 0.25) is 0 Å². The van der Waals surface area contributed by atoms with Gasteiger partial charge in [0, 0.05) is 37.6 Å². The van der Waals surface area contributed by atoms with Crippen LogP contribution in [-0.4, -0.2) is 24.5 Å². The number of nitrogens with one attached hydrogen (secondary N) is 2. The minimum Gasteiger partial charge on any atom is -0.356 e. The lowest BCUT2D eigenvalue weighted by molar-refractivity contribution is -0.138. The van der Waals surface area contributed by atoms with Crippen LogP contribution in [0.15, 0.2) is 29.4 Å². The molecule has 0 aliphatic rings. The highest BCUT2D eigenvalue weighted by molar-refractivity contribution is 7.11. The normalized spacial score (nSPS) is 12.3. The van der Waals surface area contributed by atoms with Crippen molar-refractivity contribution in [3.63, 3.8) is 0 Å². The molecule has 142 valence electrons. The van der Waals surface area contributed by atoms with Crippen molar-refractivity contribution in [2.45, 2.75) is 32.5 Å². The van der Waals surface area contributed by atoms with Gasteiger partial charge >= 0.3 is 6.18 Å². The monoisotopic (exact) mass is 388 g/mol. The van der Waals surface area contributed by atoms with Crippen LogP contribution in [0.4, 0.5) is 17.6 Å². The lowest BCUT2D eigenvalue weighted by Crippen LogP contribution is -2.38. The first kappa shape index (κ1) is 20.2. The van der Waals surface area contributed by atoms with Gasteiger partial charge in [0.25, 0.3) is 0 Å². The summed E-state index contributed by atoms with van der Waals surface area (Å²) in [5.74, 6) is -0.548. The van der Waals surface area contributed by atoms with Crippen molar-refractivity contribution >= 4 is 17.3 Å². The van der Waals surface area contributed by atoms with Gasteiger partial charge in [0.2, 0.25) is 0 Å². The molecule has 9 heteroatoms. The molecule has 26 heavy (non-hydrogen) atoms. The molecule has 0 unspecified atom stereocenters. The molecule has 0 amide bonds. The number of aryl methyl sites for hydroxylation is 1. The molecule has 1 aromatic carbocycles. The Kier molecular flexibility index (Phi) is 6.96. The van der Waals surface area contributed by atoms with E-state index in [1.165, 1.54) is 11.9 Å². The number of thiazole rings is 1. The molecule has 0 bridgehead atoms. The molecule has 0 atom stereocenters. The number of nitrogens with zero attached hydrogens (tertiary/aromatic N) is 2. The second kappa shape index (κ2) is 8.98. The molecule has 0 saturated carbocycles. The minimum absolute atomic E-state index is 0.0469. The fourth-order valence-corrected chi connectivity index (χ4v) is 3.14. The number of aromatic nitrogens is 1. The molecule has 1 heterocycles. The van der Waals surface area contributed by atoms with Gasteiger partial charge in [0.05, 0.1) is 10.6 Å². The smallest absolute Gasteiger partial charge is 0.356 e. The number of alkyl halides is 3. The van der Waals surface area contributed by atoms with Gasteiger partial charge in [-0.25, -0.2) is 9.37 Å². The quantitative estimate of drug-likeness (QED) is 0.450. The molecule has 0 aliphatic carbocycles. The van der Waals surface area contributed by atoms with Crippen molar-refractivity contribution in [3.05, 3.63) is 51.2 Å². The van der Waals surface area contributed by atoms with E-state index in [-0.39, 0.29) is 12.1 Å². The van der Waals surface area contributed by atoms with E-state index >= 15 is 0 Å². The molecule has 2 rings (SSSR count). The van der Waals surface area contributed by atoms with Crippen LogP contribution in [0, 0.1) is 5.82 Å². The number of hydrogen-bond donors (Lipinski definition) is 2. The minimum atomic E-state index is -4.61. The first-order valence-corrected chi connectivity index (χ1v) is 8.88. The summed E-state index contributed by atoms with van der Waals surface area (Å²) >= 11 is 1.64. The van der Waals surface area contributed by atoms with Crippen LogP contribution in [-0.2, 0) is 25.6 Å². The summed E-state index contributed by atoms with van der Waals surface area (Å²) in [6.07, 6.45) is -1.14. The third-order valence-electron chi connectivity index (χ3n) is 3.63. The van der Waals surface area contributed by atoms with E-state index in [4.69, 9.17) is 0 Å². The van der Waals surface area contributed by atoms with E-state index < -0.39 is 17.6 Å². The summed E-state index contributed by atoms with van der Waals surface area (Å²) in [6.45, 7) is 2.49. The van der Waals surface area contributed by atoms with Gasteiger partial charge in [-0.15, -0.1) is 11.3 Å². The van der Waals surface area contributed by atoms with E-state index in [2.05, 4.69) is 27.5 Å². The van der Waals surface area contributed by atoms with E-state index in [1.54, 1.807) is 11.3 Å². The molecule has 2 aromatic rings. The molecule has 0 radical (unpaired) electrons. The van der Waals surface area contributed by atoms with Crippen LogP contribution in [0.1, 0.15) is 27.9 Å². The van der Waals surface area contributed by atoms with Crippen LogP contribution in [0.25, 0.3) is 0 Å². The Morgan fingerprint density at radius 2 is 2.04 bits per heavy atom. The van der Waals surface area contributed by atoms with E-state index in [1.807, 2.05) is 6.20 Å². The number of halogens is 4. The lowest BCUT2D eigenvalue weighted by Gasteiger charge is -2.15. The molecular formula is C17H20F4N4S. The van der Waals surface area contributed by atoms with Gasteiger partial charge in [-0.1, -0.05) is 13.0 Å². The largest absolute Gasteiger partial charge is 0.416 e. The van der Waals surface area contributed by atoms with Gasteiger partial charge in [-0.3, -0.25) is 4.99 Å². The number of rotatable bonds is 6. The fourth-order valence-electron chi connectivity index (χ4n) is 2.28. The highest BCUT2D eigenvalue weighted by atomic mass is 32.1. The number of aliphatic imine (C=N–C) groups is 1. The van der Waals surface area contributed by atoms with Crippen LogP contribution in [0.3, 0.4) is 0 Å². The molecular weight excluding hydrogens is 368 g/mol. The first-order chi connectivity index (χ1) is 12.3. The second-order valence-electron chi connectivity index (χ2n) is 5.48. The number of hydrogen-bond acceptors (Lipinski definition) is 3. The fraction of sp³-hybridized carbons (Fsp3) is 0.412. The Hall–Kier alpha value is -2.16. The highest BCUT2D eigenvalue weighted by Gasteiger charge is 2.33. The molecule has 1 aromatic heterocycles. The zero-order valence-corrected chi connectivity index (χ0v) is 15.3. The van der Waals surface area contributed by atoms with Crippen molar-refractivity contribution in [1.82, 2.24) is 15.6 Å². The molecule has 4 nitrogen and oxygen atoms in total. The summed E-state index contributed by atoms with van der Waals surface area (Å²) in [7, 11) is 1.53. The van der Waals surface area contributed by atoms with Gasteiger partial charge in [0.1, 0.15) is 5.82 Å². The summed E-state index contributed by atoms with van der Waals surface area (Å²) < 4.78 is 52.2. The van der Waals surface area contributed by atoms with Gasteiger partial charge in [-0.2, -0.15) is 13.2 Å². The van der Waals surface area contributed by atoms with Gasteiger partial charge in [-0.05, 0) is 24.1 Å². The zero-order chi connectivity index (χ0) is 19.2. The Morgan fingerprint density at radius 1 is 1.27 bits per heavy atom. The van der Waals surface area contributed by atoms with E-state index in [0.717, 1.165) is 23.6 Å². The maximum absolute atomic E-state index is 13.1. The van der Waals surface area contributed by atoms with E-state index in [0.29, 0.717) is 25.0 Å². The van der Waals surface area contributed by atoms with Crippen LogP contribution in [0.5, 0.6) is 0 Å². The molecule has 0 saturated heterocycles. The number of benzene rings is 1. The first-order valence-electron chi connectivity index (χ1n) is 8.07. The highest BCUT2D eigenvalue weighted by Crippen LogP contribution is 2.32. The van der Waals surface area contributed by atoms with E-state index in [9.17, 15) is 17.6 Å². The lowest BCUT2D eigenvalue weighted by atomic mass is 10.1. The van der Waals surface area contributed by atoms with Gasteiger partial charge < -0.3 is 10.6 Å². The molecule has 2 N–H and O–H groups in total. The summed E-state index contributed by atoms with van der Waals surface area (Å²) in [4.78, 5) is 9.50. The summed E-state index contributed by atoms with van der Waals surface area (Å²) in [5.41, 5.74) is -1.04. The predicted molar refractivity (Wildman–Crippen MR) is 94.8 cm³/mol. The predicted octanol–water partition coefficient (Wildman–Crippen LogP) is 3.77. The second-order valence-corrected chi connectivity index (χ2v) is 6.68. The Bertz CT molecular complexity index is 755. The average molecular weight is 388 g/mol. The molecule has 0 spiro atoms.